The average Bonchev–Trinajstić information content (AvgIpc) is 2.66. The Balaban J connectivity index is 2.14. The molecule has 0 aliphatic heterocycles. The Hall–Kier alpha value is -3.63. The fraction of sp³-hybridized carbons (Fsp3) is 0.222. The Kier molecular flexibility index (Phi) is 6.42. The zero-order valence-electron chi connectivity index (χ0n) is 15.3. The van der Waals surface area contributed by atoms with Crippen molar-refractivity contribution in [1.82, 2.24) is 4.90 Å². The van der Waals surface area contributed by atoms with Crippen molar-refractivity contribution in [2.45, 2.75) is 6.18 Å². The van der Waals surface area contributed by atoms with E-state index in [2.05, 4.69) is 5.32 Å². The maximum absolute atomic E-state index is 13.0. The molecule has 0 bridgehead atoms. The number of benzene rings is 2. The van der Waals surface area contributed by atoms with Crippen LogP contribution in [-0.2, 0) is 11.0 Å². The summed E-state index contributed by atoms with van der Waals surface area (Å²) in [6.45, 7) is -0.565. The third-order valence-electron chi connectivity index (χ3n) is 3.86. The minimum atomic E-state index is -4.66. The SMILES string of the molecule is COc1ccc(C(=O)N(C)CC(=O)Nc2ccccc2C(F)(F)F)cc1[N+](=O)[O-]. The van der Waals surface area contributed by atoms with Crippen LogP contribution in [0.25, 0.3) is 0 Å². The molecule has 0 aliphatic carbocycles. The molecule has 1 N–H and O–H groups in total. The van der Waals surface area contributed by atoms with E-state index in [-0.39, 0.29) is 11.3 Å². The molecule has 8 nitrogen and oxygen atoms in total. The lowest BCUT2D eigenvalue weighted by atomic mass is 10.1. The van der Waals surface area contributed by atoms with Gasteiger partial charge in [-0.2, -0.15) is 13.2 Å². The lowest BCUT2D eigenvalue weighted by molar-refractivity contribution is -0.385. The number of likely N-dealkylation sites (N-methyl/N-ethyl adjacent to an activating group) is 1. The molecule has 0 aliphatic rings. The number of nitrogens with one attached hydrogen (secondary N) is 1. The fourth-order valence-electron chi connectivity index (χ4n) is 2.50. The monoisotopic (exact) mass is 411 g/mol. The number of hydrogen-bond acceptors (Lipinski definition) is 5. The van der Waals surface area contributed by atoms with Gasteiger partial charge in [-0.15, -0.1) is 0 Å². The van der Waals surface area contributed by atoms with Crippen LogP contribution >= 0.6 is 0 Å². The van der Waals surface area contributed by atoms with Crippen molar-refractivity contribution in [3.8, 4) is 5.75 Å². The molecule has 0 fully saturated rings. The number of nitro groups is 1. The molecule has 0 radical (unpaired) electrons. The molecule has 2 rings (SSSR count). The summed E-state index contributed by atoms with van der Waals surface area (Å²) in [6.07, 6.45) is -4.66. The van der Waals surface area contributed by atoms with Crippen LogP contribution in [0.15, 0.2) is 42.5 Å². The van der Waals surface area contributed by atoms with E-state index < -0.39 is 46.4 Å². The lowest BCUT2D eigenvalue weighted by Gasteiger charge is -2.18. The van der Waals surface area contributed by atoms with E-state index >= 15 is 0 Å². The zero-order valence-corrected chi connectivity index (χ0v) is 15.3. The Morgan fingerprint density at radius 2 is 1.86 bits per heavy atom. The summed E-state index contributed by atoms with van der Waals surface area (Å²) in [4.78, 5) is 35.8. The number of carbonyl (C=O) groups is 2. The third-order valence-corrected chi connectivity index (χ3v) is 3.86. The third kappa shape index (κ3) is 5.21. The number of halogens is 3. The van der Waals surface area contributed by atoms with Gasteiger partial charge >= 0.3 is 11.9 Å². The number of amides is 2. The maximum atomic E-state index is 13.0. The summed E-state index contributed by atoms with van der Waals surface area (Å²) in [5.41, 5.74) is -1.97. The normalized spacial score (nSPS) is 10.9. The number of alkyl halides is 3. The van der Waals surface area contributed by atoms with Gasteiger partial charge in [0.15, 0.2) is 5.75 Å². The van der Waals surface area contributed by atoms with Crippen LogP contribution in [0.4, 0.5) is 24.5 Å². The molecule has 11 heteroatoms. The smallest absolute Gasteiger partial charge is 0.418 e. The van der Waals surface area contributed by atoms with Crippen molar-refractivity contribution < 1.29 is 32.4 Å². The Morgan fingerprint density at radius 3 is 2.45 bits per heavy atom. The van der Waals surface area contributed by atoms with Crippen molar-refractivity contribution in [1.29, 1.82) is 0 Å². The molecule has 0 aromatic heterocycles. The van der Waals surface area contributed by atoms with Crippen LogP contribution < -0.4 is 10.1 Å². The first-order chi connectivity index (χ1) is 13.5. The van der Waals surface area contributed by atoms with E-state index in [0.29, 0.717) is 0 Å². The van der Waals surface area contributed by atoms with Crippen molar-refractivity contribution in [2.75, 3.05) is 26.0 Å². The van der Waals surface area contributed by atoms with Crippen molar-refractivity contribution in [2.24, 2.45) is 0 Å². The second-order valence-corrected chi connectivity index (χ2v) is 5.90. The second kappa shape index (κ2) is 8.59. The number of ether oxygens (including phenoxy) is 1. The molecule has 0 saturated carbocycles. The minimum Gasteiger partial charge on any atom is -0.490 e. The number of nitrogens with zero attached hydrogens (tertiary/aromatic N) is 2. The van der Waals surface area contributed by atoms with Crippen LogP contribution in [0.3, 0.4) is 0 Å². The Morgan fingerprint density at radius 1 is 1.21 bits per heavy atom. The van der Waals surface area contributed by atoms with Crippen LogP contribution in [0.5, 0.6) is 5.75 Å². The summed E-state index contributed by atoms with van der Waals surface area (Å²) in [7, 11) is 2.48. The first-order valence-corrected chi connectivity index (χ1v) is 8.08. The first kappa shape index (κ1) is 21.7. The highest BCUT2D eigenvalue weighted by molar-refractivity contribution is 6.00. The van der Waals surface area contributed by atoms with Gasteiger partial charge in [0, 0.05) is 18.7 Å². The predicted molar refractivity (Wildman–Crippen MR) is 96.7 cm³/mol. The minimum absolute atomic E-state index is 0.0456. The molecule has 0 heterocycles. The molecule has 29 heavy (non-hydrogen) atoms. The molecule has 2 amide bonds. The average molecular weight is 411 g/mol. The second-order valence-electron chi connectivity index (χ2n) is 5.90. The van der Waals surface area contributed by atoms with Crippen molar-refractivity contribution in [3.05, 3.63) is 63.7 Å². The van der Waals surface area contributed by atoms with Crippen LogP contribution in [0.2, 0.25) is 0 Å². The molecule has 154 valence electrons. The largest absolute Gasteiger partial charge is 0.490 e. The predicted octanol–water partition coefficient (Wildman–Crippen LogP) is 3.33. The van der Waals surface area contributed by atoms with Gasteiger partial charge in [0.2, 0.25) is 5.91 Å². The number of nitro benzene ring substituents is 1. The first-order valence-electron chi connectivity index (χ1n) is 8.08. The molecule has 0 saturated heterocycles. The van der Waals surface area contributed by atoms with Crippen LogP contribution in [0.1, 0.15) is 15.9 Å². The van der Waals surface area contributed by atoms with Gasteiger partial charge in [-0.25, -0.2) is 0 Å². The number of anilines is 1. The molecule has 2 aromatic carbocycles. The lowest BCUT2D eigenvalue weighted by Crippen LogP contribution is -2.35. The number of hydrogen-bond donors (Lipinski definition) is 1. The topological polar surface area (TPSA) is 102 Å². The molecule has 2 aromatic rings. The van der Waals surface area contributed by atoms with E-state index in [1.807, 2.05) is 0 Å². The quantitative estimate of drug-likeness (QED) is 0.580. The zero-order chi connectivity index (χ0) is 21.8. The molecule has 0 spiro atoms. The van der Waals surface area contributed by atoms with Gasteiger partial charge in [0.1, 0.15) is 0 Å². The van der Waals surface area contributed by atoms with Crippen LogP contribution in [0, 0.1) is 10.1 Å². The highest BCUT2D eigenvalue weighted by atomic mass is 19.4. The van der Waals surface area contributed by atoms with Gasteiger partial charge in [-0.3, -0.25) is 19.7 Å². The molecule has 0 unspecified atom stereocenters. The van der Waals surface area contributed by atoms with E-state index in [1.165, 1.54) is 38.4 Å². The van der Waals surface area contributed by atoms with Gasteiger partial charge in [-0.1, -0.05) is 12.1 Å². The number of para-hydroxylation sites is 1. The van der Waals surface area contributed by atoms with Crippen LogP contribution in [-0.4, -0.2) is 42.3 Å². The van der Waals surface area contributed by atoms with Gasteiger partial charge in [-0.05, 0) is 24.3 Å². The van der Waals surface area contributed by atoms with E-state index in [4.69, 9.17) is 4.74 Å². The number of carbonyl (C=O) groups excluding carboxylic acids is 2. The standard InChI is InChI=1S/C18H16F3N3O5/c1-23(17(26)11-7-8-15(29-2)14(9-11)24(27)28)10-16(25)22-13-6-4-3-5-12(13)18(19,20)21/h3-9H,10H2,1-2H3,(H,22,25). The highest BCUT2D eigenvalue weighted by Crippen LogP contribution is 2.34. The Labute approximate surface area is 163 Å². The summed E-state index contributed by atoms with van der Waals surface area (Å²) < 4.78 is 43.8. The summed E-state index contributed by atoms with van der Waals surface area (Å²) in [5.74, 6) is -1.63. The van der Waals surface area contributed by atoms with Gasteiger partial charge in [0.25, 0.3) is 5.91 Å². The van der Waals surface area contributed by atoms with E-state index in [0.717, 1.165) is 23.1 Å². The van der Waals surface area contributed by atoms with Crippen molar-refractivity contribution in [3.63, 3.8) is 0 Å². The molecule has 0 atom stereocenters. The fourth-order valence-corrected chi connectivity index (χ4v) is 2.50. The van der Waals surface area contributed by atoms with Gasteiger partial charge in [0.05, 0.1) is 29.8 Å². The summed E-state index contributed by atoms with van der Waals surface area (Å²) in [5, 5.41) is 13.2. The van der Waals surface area contributed by atoms with E-state index in [1.54, 1.807) is 0 Å². The number of methoxy groups -OCH3 is 1. The van der Waals surface area contributed by atoms with E-state index in [9.17, 15) is 32.9 Å². The molecular formula is C18H16F3N3O5. The highest BCUT2D eigenvalue weighted by Gasteiger charge is 2.33. The number of rotatable bonds is 6. The van der Waals surface area contributed by atoms with Crippen molar-refractivity contribution >= 4 is 23.2 Å². The maximum Gasteiger partial charge on any atom is 0.418 e. The Bertz CT molecular complexity index is 947. The molecular weight excluding hydrogens is 395 g/mol. The summed E-state index contributed by atoms with van der Waals surface area (Å²) >= 11 is 0. The van der Waals surface area contributed by atoms with Gasteiger partial charge < -0.3 is 15.0 Å². The summed E-state index contributed by atoms with van der Waals surface area (Å²) in [6, 6.07) is 7.94.